The van der Waals surface area contributed by atoms with Crippen LogP contribution in [0.3, 0.4) is 0 Å². The van der Waals surface area contributed by atoms with Gasteiger partial charge in [0.15, 0.2) is 0 Å². The molecule has 0 saturated heterocycles. The van der Waals surface area contributed by atoms with Gasteiger partial charge in [-0.15, -0.1) is 0 Å². The highest BCUT2D eigenvalue weighted by molar-refractivity contribution is 6.60. The topological polar surface area (TPSA) is 144 Å². The second-order valence-corrected chi connectivity index (χ2v) is 22.6. The first-order valence-electron chi connectivity index (χ1n) is 24.5. The lowest BCUT2D eigenvalue weighted by molar-refractivity contribution is -0.176. The fourth-order valence-electron chi connectivity index (χ4n) is 12.8. The highest BCUT2D eigenvalue weighted by Crippen LogP contribution is 2.69. The first-order chi connectivity index (χ1) is 32.5. The van der Waals surface area contributed by atoms with E-state index in [4.69, 9.17) is 22.8 Å². The summed E-state index contributed by atoms with van der Waals surface area (Å²) in [6.45, 7) is 14.1. The molecular weight excluding hydrogens is 929 g/mol. The Morgan fingerprint density at radius 2 is 1.22 bits per heavy atom. The third-order valence-corrected chi connectivity index (χ3v) is 19.3. The van der Waals surface area contributed by atoms with Gasteiger partial charge >= 0.3 is 33.1 Å². The third kappa shape index (κ3) is 12.0. The standard InChI is InChI=1S/C51H67F6NO10Si/c1-7-64-69(65-8-2,66-9-3)28-10-27-58-43(59)24-11-31(4)39-22-23-40-38-21-20-36-29-37(67-46(62)34-16-12-32(13-17-34)44(60)50(52,53)54)25-26-48(36,5)41(38)30-42(49(39,40)6)68-47(63)35-18-14-33(15-19-35)45(61)51(55,56)57/h12-19,31,36-42H,7-11,20-30H2,1-6H3,(H,58,59)/t31-,36?,37-,38+,39-,40+,41+,42+,48+,49-/m1/s1. The van der Waals surface area contributed by atoms with Crippen LogP contribution >= 0.6 is 0 Å². The van der Waals surface area contributed by atoms with Crippen molar-refractivity contribution in [2.45, 2.75) is 143 Å². The summed E-state index contributed by atoms with van der Waals surface area (Å²) in [5.74, 6) is -4.61. The van der Waals surface area contributed by atoms with Crippen LogP contribution in [-0.4, -0.2) is 89.1 Å². The maximum atomic E-state index is 14.1. The molecule has 0 bridgehead atoms. The van der Waals surface area contributed by atoms with Crippen molar-refractivity contribution < 1.29 is 73.1 Å². The number of halogens is 6. The van der Waals surface area contributed by atoms with Crippen LogP contribution in [0.4, 0.5) is 26.3 Å². The Labute approximate surface area is 401 Å². The molecule has 4 fully saturated rings. The molecule has 1 amide bonds. The molecule has 1 unspecified atom stereocenters. The Morgan fingerprint density at radius 1 is 0.696 bits per heavy atom. The summed E-state index contributed by atoms with van der Waals surface area (Å²) in [5.41, 5.74) is -1.83. The number of carbonyl (C=O) groups is 5. The van der Waals surface area contributed by atoms with Gasteiger partial charge in [-0.2, -0.15) is 26.3 Å². The number of Topliss-reactive ketones (excluding diaryl/α,β-unsaturated/α-hetero) is 2. The Hall–Kier alpha value is -4.13. The zero-order valence-electron chi connectivity index (χ0n) is 40.4. The van der Waals surface area contributed by atoms with Crippen molar-refractivity contribution in [3.05, 3.63) is 70.8 Å². The Morgan fingerprint density at radius 3 is 1.74 bits per heavy atom. The molecule has 4 aliphatic rings. The molecule has 0 heterocycles. The maximum absolute atomic E-state index is 14.1. The van der Waals surface area contributed by atoms with Gasteiger partial charge < -0.3 is 28.1 Å². The number of benzene rings is 2. The van der Waals surface area contributed by atoms with E-state index in [1.54, 1.807) is 0 Å². The highest BCUT2D eigenvalue weighted by atomic mass is 28.4. The number of ketones is 2. The molecule has 1 N–H and O–H groups in total. The monoisotopic (exact) mass is 995 g/mol. The van der Waals surface area contributed by atoms with Crippen molar-refractivity contribution in [3.8, 4) is 0 Å². The fourth-order valence-corrected chi connectivity index (χ4v) is 15.5. The Balaban J connectivity index is 1.16. The summed E-state index contributed by atoms with van der Waals surface area (Å²) < 4.78 is 109. The first kappa shape index (κ1) is 54.2. The second kappa shape index (κ2) is 22.1. The highest BCUT2D eigenvalue weighted by Gasteiger charge is 2.65. The largest absolute Gasteiger partial charge is 0.500 e. The van der Waals surface area contributed by atoms with E-state index in [0.717, 1.165) is 62.1 Å². The zero-order chi connectivity index (χ0) is 50.5. The number of esters is 2. The lowest BCUT2D eigenvalue weighted by atomic mass is 9.43. The average Bonchev–Trinajstić information content (AvgIpc) is 3.67. The van der Waals surface area contributed by atoms with Gasteiger partial charge in [-0.1, -0.05) is 45.0 Å². The van der Waals surface area contributed by atoms with Crippen molar-refractivity contribution in [3.63, 3.8) is 0 Å². The number of nitrogens with one attached hydrogen (secondary N) is 1. The quantitative estimate of drug-likeness (QED) is 0.0448. The summed E-state index contributed by atoms with van der Waals surface area (Å²) in [6.07, 6.45) is -3.72. The minimum Gasteiger partial charge on any atom is -0.459 e. The number of ether oxygens (including phenoxy) is 2. The van der Waals surface area contributed by atoms with E-state index in [-0.39, 0.29) is 58.0 Å². The minimum absolute atomic E-state index is 0.0237. The summed E-state index contributed by atoms with van der Waals surface area (Å²) in [7, 11) is -2.85. The number of rotatable bonds is 20. The molecule has 2 aromatic carbocycles. The van der Waals surface area contributed by atoms with Gasteiger partial charge in [0.1, 0.15) is 12.2 Å². The van der Waals surface area contributed by atoms with E-state index in [1.165, 1.54) is 12.1 Å². The molecule has 0 radical (unpaired) electrons. The molecule has 11 nitrogen and oxygen atoms in total. The SMILES string of the molecule is CCO[Si](CCCNC(=O)CC[C@@H](C)[C@H]1CC[C@H]2[C@@H]3CCC4C[C@H](OC(=O)c5ccc(C(=O)C(F)(F)F)cc5)CC[C@]4(C)[C@H]3C[C@H](OC(=O)c3ccc(C(=O)C(F)(F)F)cc3)[C@]12C)(OCC)OCC. The molecule has 69 heavy (non-hydrogen) atoms. The van der Waals surface area contributed by atoms with Gasteiger partial charge in [-0.3, -0.25) is 14.4 Å². The van der Waals surface area contributed by atoms with Crippen molar-refractivity contribution in [2.75, 3.05) is 26.4 Å². The van der Waals surface area contributed by atoms with Crippen molar-refractivity contribution in [2.24, 2.45) is 46.3 Å². The predicted octanol–water partition coefficient (Wildman–Crippen LogP) is 11.2. The lowest BCUT2D eigenvalue weighted by Gasteiger charge is -2.62. The van der Waals surface area contributed by atoms with Gasteiger partial charge in [0.2, 0.25) is 5.91 Å². The van der Waals surface area contributed by atoms with E-state index in [2.05, 4.69) is 26.1 Å². The van der Waals surface area contributed by atoms with Crippen molar-refractivity contribution >= 4 is 38.2 Å². The van der Waals surface area contributed by atoms with E-state index >= 15 is 0 Å². The molecule has 382 valence electrons. The number of fused-ring (bicyclic) bond motifs is 5. The van der Waals surface area contributed by atoms with Crippen LogP contribution in [0.25, 0.3) is 0 Å². The van der Waals surface area contributed by atoms with Crippen LogP contribution in [-0.2, 0) is 27.5 Å². The number of alkyl halides is 6. The van der Waals surface area contributed by atoms with Crippen LogP contribution in [0.1, 0.15) is 154 Å². The summed E-state index contributed by atoms with van der Waals surface area (Å²) in [5, 5.41) is 3.06. The van der Waals surface area contributed by atoms with Gasteiger partial charge in [0.25, 0.3) is 11.6 Å². The summed E-state index contributed by atoms with van der Waals surface area (Å²) >= 11 is 0. The van der Waals surface area contributed by atoms with Gasteiger partial charge in [-0.05, 0) is 150 Å². The lowest BCUT2D eigenvalue weighted by Crippen LogP contribution is -2.59. The fraction of sp³-hybridized carbons (Fsp3) is 0.667. The molecule has 18 heteroatoms. The van der Waals surface area contributed by atoms with Crippen LogP contribution < -0.4 is 5.32 Å². The Kier molecular flexibility index (Phi) is 17.4. The van der Waals surface area contributed by atoms with Gasteiger partial charge in [-0.25, -0.2) is 9.59 Å². The third-order valence-electron chi connectivity index (χ3n) is 16.2. The van der Waals surface area contributed by atoms with Crippen LogP contribution in [0, 0.1) is 46.3 Å². The normalized spacial score (nSPS) is 28.4. The summed E-state index contributed by atoms with van der Waals surface area (Å²) in [6, 6.07) is 9.15. The molecule has 0 spiro atoms. The van der Waals surface area contributed by atoms with Gasteiger partial charge in [0, 0.05) is 55.4 Å². The van der Waals surface area contributed by atoms with E-state index in [9.17, 15) is 50.3 Å². The number of hydrogen-bond donors (Lipinski definition) is 1. The van der Waals surface area contributed by atoms with Crippen LogP contribution in [0.2, 0.25) is 6.04 Å². The van der Waals surface area contributed by atoms with Crippen molar-refractivity contribution in [1.29, 1.82) is 0 Å². The molecule has 6 rings (SSSR count). The minimum atomic E-state index is -5.07. The van der Waals surface area contributed by atoms with E-state index in [0.29, 0.717) is 77.4 Å². The molecule has 0 aromatic heterocycles. The van der Waals surface area contributed by atoms with E-state index in [1.807, 2.05) is 20.8 Å². The molecule has 2 aromatic rings. The molecule has 10 atom stereocenters. The molecular formula is C51H67F6NO10Si. The van der Waals surface area contributed by atoms with Crippen LogP contribution in [0.5, 0.6) is 0 Å². The van der Waals surface area contributed by atoms with Gasteiger partial charge in [0.05, 0.1) is 11.1 Å². The summed E-state index contributed by atoms with van der Waals surface area (Å²) in [4.78, 5) is 64.2. The Bertz CT molecular complexity index is 2120. The molecule has 4 aliphatic carbocycles. The van der Waals surface area contributed by atoms with Crippen molar-refractivity contribution in [1.82, 2.24) is 5.32 Å². The maximum Gasteiger partial charge on any atom is 0.500 e. The molecule has 0 aliphatic heterocycles. The van der Waals surface area contributed by atoms with Crippen LogP contribution in [0.15, 0.2) is 48.5 Å². The van der Waals surface area contributed by atoms with E-state index < -0.39 is 73.4 Å². The molecule has 4 saturated carbocycles. The predicted molar refractivity (Wildman–Crippen MR) is 244 cm³/mol. The average molecular weight is 996 g/mol. The first-order valence-corrected chi connectivity index (χ1v) is 26.5. The number of hydrogen-bond acceptors (Lipinski definition) is 10. The smallest absolute Gasteiger partial charge is 0.459 e. The number of amides is 1. The zero-order valence-corrected chi connectivity index (χ0v) is 41.4. The second-order valence-electron chi connectivity index (χ2n) is 19.9. The number of carbonyl (C=O) groups excluding carboxylic acids is 5.